The van der Waals surface area contributed by atoms with E-state index in [4.69, 9.17) is 12.2 Å². The smallest absolute Gasteiger partial charge is 0.263 e. The molecule has 19 heavy (non-hydrogen) atoms. The fourth-order valence-corrected chi connectivity index (χ4v) is 4.03. The van der Waals surface area contributed by atoms with E-state index in [1.54, 1.807) is 15.9 Å². The van der Waals surface area contributed by atoms with Gasteiger partial charge in [-0.3, -0.25) is 9.36 Å². The minimum Gasteiger partial charge on any atom is -0.323 e. The Hall–Kier alpha value is -0.940. The molecule has 0 aliphatic heterocycles. The highest BCUT2D eigenvalue weighted by atomic mass is 32.1. The number of aromatic amines is 1. The molecule has 0 saturated heterocycles. The maximum Gasteiger partial charge on any atom is 0.263 e. The van der Waals surface area contributed by atoms with Gasteiger partial charge in [-0.05, 0) is 44.0 Å². The van der Waals surface area contributed by atoms with Crippen LogP contribution in [0, 0.1) is 24.5 Å². The second-order valence-electron chi connectivity index (χ2n) is 5.31. The van der Waals surface area contributed by atoms with Crippen LogP contribution in [0.3, 0.4) is 0 Å². The van der Waals surface area contributed by atoms with Crippen molar-refractivity contribution in [1.29, 1.82) is 0 Å². The Labute approximate surface area is 122 Å². The first-order valence-corrected chi connectivity index (χ1v) is 7.85. The number of H-pyrrole nitrogens is 1. The standard InChI is InChI=1S/C14H20N2OS2/c1-6-10(7(2)3)16-13(17)11-8(4)9(5)19-12(11)15-14(16)18/h7,10H,6H2,1-5H3,(H,15,18). The summed E-state index contributed by atoms with van der Waals surface area (Å²) in [6.07, 6.45) is 0.905. The van der Waals surface area contributed by atoms with Gasteiger partial charge in [-0.1, -0.05) is 20.8 Å². The molecule has 1 N–H and O–H groups in total. The lowest BCUT2D eigenvalue weighted by molar-refractivity contribution is 0.352. The molecule has 0 bridgehead atoms. The van der Waals surface area contributed by atoms with E-state index in [-0.39, 0.29) is 11.6 Å². The van der Waals surface area contributed by atoms with Crippen LogP contribution in [-0.2, 0) is 0 Å². The van der Waals surface area contributed by atoms with Crippen LogP contribution in [0.4, 0.5) is 0 Å². The molecule has 0 spiro atoms. The molecule has 5 heteroatoms. The highest BCUT2D eigenvalue weighted by Crippen LogP contribution is 2.27. The summed E-state index contributed by atoms with van der Waals surface area (Å²) >= 11 is 7.00. The number of fused-ring (bicyclic) bond motifs is 1. The SMILES string of the molecule is CCC(C(C)C)n1c(=S)[nH]c2sc(C)c(C)c2c1=O. The molecule has 1 atom stereocenters. The van der Waals surface area contributed by atoms with Gasteiger partial charge in [0, 0.05) is 10.9 Å². The van der Waals surface area contributed by atoms with Gasteiger partial charge in [-0.15, -0.1) is 11.3 Å². The van der Waals surface area contributed by atoms with Crippen molar-refractivity contribution in [1.82, 2.24) is 9.55 Å². The molecule has 0 fully saturated rings. The Balaban J connectivity index is 2.86. The van der Waals surface area contributed by atoms with Gasteiger partial charge in [-0.2, -0.15) is 0 Å². The van der Waals surface area contributed by atoms with Crippen LogP contribution in [-0.4, -0.2) is 9.55 Å². The number of rotatable bonds is 3. The van der Waals surface area contributed by atoms with Gasteiger partial charge in [0.25, 0.3) is 5.56 Å². The Morgan fingerprint density at radius 1 is 1.37 bits per heavy atom. The highest BCUT2D eigenvalue weighted by molar-refractivity contribution is 7.71. The van der Waals surface area contributed by atoms with Crippen LogP contribution in [0.25, 0.3) is 10.2 Å². The average molecular weight is 296 g/mol. The van der Waals surface area contributed by atoms with Gasteiger partial charge < -0.3 is 4.98 Å². The lowest BCUT2D eigenvalue weighted by Gasteiger charge is -2.22. The second-order valence-corrected chi connectivity index (χ2v) is 6.92. The van der Waals surface area contributed by atoms with E-state index in [1.807, 2.05) is 13.8 Å². The minimum atomic E-state index is 0.0566. The zero-order valence-corrected chi connectivity index (χ0v) is 13.7. The molecule has 2 heterocycles. The summed E-state index contributed by atoms with van der Waals surface area (Å²) in [5, 5.41) is 0.801. The zero-order valence-electron chi connectivity index (χ0n) is 12.0. The number of nitrogens with one attached hydrogen (secondary N) is 1. The summed E-state index contributed by atoms with van der Waals surface area (Å²) in [4.78, 5) is 18.1. The van der Waals surface area contributed by atoms with Crippen molar-refractivity contribution in [2.75, 3.05) is 0 Å². The molecule has 0 aliphatic rings. The van der Waals surface area contributed by atoms with Crippen molar-refractivity contribution in [2.24, 2.45) is 5.92 Å². The Bertz CT molecular complexity index is 721. The van der Waals surface area contributed by atoms with E-state index in [1.165, 1.54) is 4.88 Å². The predicted molar refractivity (Wildman–Crippen MR) is 84.9 cm³/mol. The molecule has 3 nitrogen and oxygen atoms in total. The topological polar surface area (TPSA) is 37.8 Å². The number of aromatic nitrogens is 2. The highest BCUT2D eigenvalue weighted by Gasteiger charge is 2.19. The van der Waals surface area contributed by atoms with Crippen molar-refractivity contribution in [3.63, 3.8) is 0 Å². The van der Waals surface area contributed by atoms with E-state index >= 15 is 0 Å². The third kappa shape index (κ3) is 2.30. The second kappa shape index (κ2) is 5.21. The first-order chi connectivity index (χ1) is 8.88. The summed E-state index contributed by atoms with van der Waals surface area (Å²) in [6, 6.07) is 0.153. The largest absolute Gasteiger partial charge is 0.323 e. The molecule has 0 amide bonds. The fourth-order valence-electron chi connectivity index (χ4n) is 2.60. The summed E-state index contributed by atoms with van der Waals surface area (Å²) < 4.78 is 2.31. The molecule has 2 aromatic heterocycles. The average Bonchev–Trinajstić information content (AvgIpc) is 2.59. The van der Waals surface area contributed by atoms with Gasteiger partial charge in [0.2, 0.25) is 0 Å². The minimum absolute atomic E-state index is 0.0566. The quantitative estimate of drug-likeness (QED) is 0.855. The molecule has 104 valence electrons. The van der Waals surface area contributed by atoms with Crippen molar-refractivity contribution >= 4 is 33.8 Å². The summed E-state index contributed by atoms with van der Waals surface area (Å²) in [6.45, 7) is 10.4. The third-order valence-electron chi connectivity index (χ3n) is 3.78. The molecule has 0 aromatic carbocycles. The number of hydrogen-bond donors (Lipinski definition) is 1. The Morgan fingerprint density at radius 3 is 2.53 bits per heavy atom. The van der Waals surface area contributed by atoms with Gasteiger partial charge in [0.1, 0.15) is 4.83 Å². The summed E-state index contributed by atoms with van der Waals surface area (Å²) in [5.41, 5.74) is 1.13. The molecule has 0 saturated carbocycles. The van der Waals surface area contributed by atoms with Crippen LogP contribution in [0.2, 0.25) is 0 Å². The first kappa shape index (κ1) is 14.5. The van der Waals surface area contributed by atoms with Gasteiger partial charge >= 0.3 is 0 Å². The first-order valence-electron chi connectivity index (χ1n) is 6.63. The normalized spacial score (nSPS) is 13.4. The zero-order chi connectivity index (χ0) is 14.3. The van der Waals surface area contributed by atoms with Crippen LogP contribution >= 0.6 is 23.6 Å². The number of nitrogens with zero attached hydrogens (tertiary/aromatic N) is 1. The Kier molecular flexibility index (Phi) is 3.97. The monoisotopic (exact) mass is 296 g/mol. The predicted octanol–water partition coefficient (Wildman–Crippen LogP) is 4.34. The molecule has 0 aliphatic carbocycles. The number of hydrogen-bond acceptors (Lipinski definition) is 3. The summed E-state index contributed by atoms with van der Waals surface area (Å²) in [5.74, 6) is 0.385. The number of aryl methyl sites for hydroxylation is 2. The van der Waals surface area contributed by atoms with Crippen molar-refractivity contribution in [3.05, 3.63) is 25.6 Å². The van der Waals surface area contributed by atoms with Crippen LogP contribution in [0.5, 0.6) is 0 Å². The van der Waals surface area contributed by atoms with E-state index < -0.39 is 0 Å². The van der Waals surface area contributed by atoms with Crippen LogP contribution < -0.4 is 5.56 Å². The molecular weight excluding hydrogens is 276 g/mol. The van der Waals surface area contributed by atoms with E-state index in [9.17, 15) is 4.79 Å². The molecule has 1 unspecified atom stereocenters. The number of thiophene rings is 1. The van der Waals surface area contributed by atoms with Gasteiger partial charge in [-0.25, -0.2) is 0 Å². The lowest BCUT2D eigenvalue weighted by Crippen LogP contribution is -2.29. The lowest BCUT2D eigenvalue weighted by atomic mass is 10.0. The fraction of sp³-hybridized carbons (Fsp3) is 0.571. The maximum atomic E-state index is 12.8. The van der Waals surface area contributed by atoms with E-state index in [0.29, 0.717) is 10.7 Å². The van der Waals surface area contributed by atoms with E-state index in [2.05, 4.69) is 25.8 Å². The van der Waals surface area contributed by atoms with Crippen molar-refractivity contribution < 1.29 is 0 Å². The third-order valence-corrected chi connectivity index (χ3v) is 5.20. The van der Waals surface area contributed by atoms with Crippen LogP contribution in [0.15, 0.2) is 4.79 Å². The van der Waals surface area contributed by atoms with E-state index in [0.717, 1.165) is 22.2 Å². The maximum absolute atomic E-state index is 12.8. The molecule has 2 rings (SSSR count). The summed E-state index contributed by atoms with van der Waals surface area (Å²) in [7, 11) is 0. The van der Waals surface area contributed by atoms with Crippen molar-refractivity contribution in [2.45, 2.75) is 47.1 Å². The van der Waals surface area contributed by atoms with Crippen LogP contribution in [0.1, 0.15) is 43.7 Å². The molecule has 0 radical (unpaired) electrons. The molecule has 2 aromatic rings. The molecular formula is C14H20N2OS2. The van der Waals surface area contributed by atoms with Gasteiger partial charge in [0.05, 0.1) is 5.39 Å². The Morgan fingerprint density at radius 2 is 2.00 bits per heavy atom. The van der Waals surface area contributed by atoms with Gasteiger partial charge in [0.15, 0.2) is 4.77 Å². The van der Waals surface area contributed by atoms with Crippen molar-refractivity contribution in [3.8, 4) is 0 Å².